The minimum Gasteiger partial charge on any atom is -0.389 e. The summed E-state index contributed by atoms with van der Waals surface area (Å²) in [6.07, 6.45) is 4.35. The van der Waals surface area contributed by atoms with Crippen molar-refractivity contribution in [2.75, 3.05) is 13.1 Å². The van der Waals surface area contributed by atoms with E-state index >= 15 is 0 Å². The SMILES string of the molecule is CC(C)(O)CNC(=O)C1CCCCCN1. The highest BCUT2D eigenvalue weighted by Crippen LogP contribution is 2.08. The Labute approximate surface area is 91.4 Å². The topological polar surface area (TPSA) is 61.4 Å². The molecule has 0 spiro atoms. The third-order valence-corrected chi connectivity index (χ3v) is 2.57. The van der Waals surface area contributed by atoms with Gasteiger partial charge in [-0.05, 0) is 33.2 Å². The van der Waals surface area contributed by atoms with Crippen LogP contribution in [0.5, 0.6) is 0 Å². The van der Waals surface area contributed by atoms with Gasteiger partial charge in [-0.2, -0.15) is 0 Å². The van der Waals surface area contributed by atoms with Crippen molar-refractivity contribution < 1.29 is 9.90 Å². The van der Waals surface area contributed by atoms with Crippen LogP contribution in [-0.2, 0) is 4.79 Å². The Balaban J connectivity index is 2.32. The molecule has 4 nitrogen and oxygen atoms in total. The van der Waals surface area contributed by atoms with E-state index < -0.39 is 5.60 Å². The van der Waals surface area contributed by atoms with Crippen molar-refractivity contribution in [3.63, 3.8) is 0 Å². The van der Waals surface area contributed by atoms with Crippen LogP contribution in [0.15, 0.2) is 0 Å². The molecule has 0 aromatic heterocycles. The lowest BCUT2D eigenvalue weighted by Crippen LogP contribution is -2.47. The summed E-state index contributed by atoms with van der Waals surface area (Å²) in [5, 5.41) is 15.5. The summed E-state index contributed by atoms with van der Waals surface area (Å²) in [4.78, 5) is 11.7. The first-order valence-electron chi connectivity index (χ1n) is 5.72. The molecule has 88 valence electrons. The first-order valence-corrected chi connectivity index (χ1v) is 5.72. The normalized spacial score (nSPS) is 23.3. The van der Waals surface area contributed by atoms with Crippen LogP contribution in [-0.4, -0.2) is 35.7 Å². The van der Waals surface area contributed by atoms with Gasteiger partial charge in [-0.1, -0.05) is 12.8 Å². The Bertz CT molecular complexity index is 203. The van der Waals surface area contributed by atoms with E-state index in [1.807, 2.05) is 0 Å². The molecule has 0 radical (unpaired) electrons. The summed E-state index contributed by atoms with van der Waals surface area (Å²) in [5.41, 5.74) is -0.833. The molecule has 0 aromatic carbocycles. The molecule has 0 aromatic rings. The van der Waals surface area contributed by atoms with Gasteiger partial charge in [-0.3, -0.25) is 4.79 Å². The quantitative estimate of drug-likeness (QED) is 0.637. The van der Waals surface area contributed by atoms with E-state index in [1.165, 1.54) is 6.42 Å². The third-order valence-electron chi connectivity index (χ3n) is 2.57. The number of amides is 1. The smallest absolute Gasteiger partial charge is 0.237 e. The van der Waals surface area contributed by atoms with Gasteiger partial charge in [-0.25, -0.2) is 0 Å². The van der Waals surface area contributed by atoms with Crippen molar-refractivity contribution in [2.24, 2.45) is 0 Å². The summed E-state index contributed by atoms with van der Waals surface area (Å²) in [6.45, 7) is 4.60. The van der Waals surface area contributed by atoms with Gasteiger partial charge in [0, 0.05) is 6.54 Å². The van der Waals surface area contributed by atoms with Crippen LogP contribution >= 0.6 is 0 Å². The van der Waals surface area contributed by atoms with E-state index in [9.17, 15) is 9.90 Å². The second kappa shape index (κ2) is 5.47. The highest BCUT2D eigenvalue weighted by molar-refractivity contribution is 5.81. The maximum atomic E-state index is 11.7. The largest absolute Gasteiger partial charge is 0.389 e. The molecule has 0 saturated carbocycles. The lowest BCUT2D eigenvalue weighted by molar-refractivity contribution is -0.124. The molecule has 1 aliphatic rings. The van der Waals surface area contributed by atoms with Gasteiger partial charge in [0.15, 0.2) is 0 Å². The fraction of sp³-hybridized carbons (Fsp3) is 0.909. The molecular formula is C11H22N2O2. The molecule has 1 heterocycles. The Morgan fingerprint density at radius 2 is 2.20 bits per heavy atom. The molecule has 15 heavy (non-hydrogen) atoms. The minimum absolute atomic E-state index is 0.0130. The zero-order valence-corrected chi connectivity index (χ0v) is 9.68. The van der Waals surface area contributed by atoms with Crippen molar-refractivity contribution in [2.45, 2.75) is 51.2 Å². The second-order valence-electron chi connectivity index (χ2n) is 4.89. The van der Waals surface area contributed by atoms with Gasteiger partial charge in [0.05, 0.1) is 11.6 Å². The molecule has 1 atom stereocenters. The van der Waals surface area contributed by atoms with Crippen molar-refractivity contribution in [1.82, 2.24) is 10.6 Å². The summed E-state index contributed by atoms with van der Waals surface area (Å²) >= 11 is 0. The predicted molar refractivity (Wildman–Crippen MR) is 59.6 cm³/mol. The molecule has 1 unspecified atom stereocenters. The van der Waals surface area contributed by atoms with E-state index in [4.69, 9.17) is 0 Å². The van der Waals surface area contributed by atoms with Crippen LogP contribution in [0.2, 0.25) is 0 Å². The summed E-state index contributed by atoms with van der Waals surface area (Å²) in [5.74, 6) is 0.0130. The van der Waals surface area contributed by atoms with Gasteiger partial charge in [-0.15, -0.1) is 0 Å². The van der Waals surface area contributed by atoms with Gasteiger partial charge in [0.2, 0.25) is 5.91 Å². The summed E-state index contributed by atoms with van der Waals surface area (Å²) in [6, 6.07) is -0.0742. The van der Waals surface area contributed by atoms with Crippen LogP contribution in [0.4, 0.5) is 0 Å². The summed E-state index contributed by atoms with van der Waals surface area (Å²) < 4.78 is 0. The fourth-order valence-corrected chi connectivity index (χ4v) is 1.68. The molecule has 1 saturated heterocycles. The molecular weight excluding hydrogens is 192 g/mol. The summed E-state index contributed by atoms with van der Waals surface area (Å²) in [7, 11) is 0. The average Bonchev–Trinajstić information content (AvgIpc) is 2.41. The third kappa shape index (κ3) is 5.14. The molecule has 0 aliphatic carbocycles. The Kier molecular flexibility index (Phi) is 4.54. The molecule has 4 heteroatoms. The monoisotopic (exact) mass is 214 g/mol. The molecule has 1 aliphatic heterocycles. The van der Waals surface area contributed by atoms with Crippen LogP contribution in [0.25, 0.3) is 0 Å². The Morgan fingerprint density at radius 3 is 2.87 bits per heavy atom. The molecule has 1 fully saturated rings. The van der Waals surface area contributed by atoms with Crippen molar-refractivity contribution in [3.8, 4) is 0 Å². The van der Waals surface area contributed by atoms with Gasteiger partial charge >= 0.3 is 0 Å². The molecule has 3 N–H and O–H groups in total. The van der Waals surface area contributed by atoms with Gasteiger partial charge in [0.25, 0.3) is 0 Å². The zero-order valence-electron chi connectivity index (χ0n) is 9.68. The van der Waals surface area contributed by atoms with Crippen molar-refractivity contribution in [1.29, 1.82) is 0 Å². The number of nitrogens with one attached hydrogen (secondary N) is 2. The fourth-order valence-electron chi connectivity index (χ4n) is 1.68. The second-order valence-corrected chi connectivity index (χ2v) is 4.89. The first kappa shape index (κ1) is 12.5. The maximum absolute atomic E-state index is 11.7. The highest BCUT2D eigenvalue weighted by atomic mass is 16.3. The number of aliphatic hydroxyl groups is 1. The van der Waals surface area contributed by atoms with Crippen molar-refractivity contribution in [3.05, 3.63) is 0 Å². The molecule has 1 rings (SSSR count). The van der Waals surface area contributed by atoms with E-state index in [0.29, 0.717) is 6.54 Å². The number of hydrogen-bond acceptors (Lipinski definition) is 3. The minimum atomic E-state index is -0.833. The highest BCUT2D eigenvalue weighted by Gasteiger charge is 2.21. The van der Waals surface area contributed by atoms with E-state index in [1.54, 1.807) is 13.8 Å². The lowest BCUT2D eigenvalue weighted by Gasteiger charge is -2.21. The van der Waals surface area contributed by atoms with E-state index in [2.05, 4.69) is 10.6 Å². The van der Waals surface area contributed by atoms with Crippen LogP contribution in [0, 0.1) is 0 Å². The van der Waals surface area contributed by atoms with Gasteiger partial charge in [0.1, 0.15) is 0 Å². The standard InChI is InChI=1S/C11H22N2O2/c1-11(2,15)8-13-10(14)9-6-4-3-5-7-12-9/h9,12,15H,3-8H2,1-2H3,(H,13,14). The zero-order chi connectivity index (χ0) is 11.3. The van der Waals surface area contributed by atoms with Gasteiger partial charge < -0.3 is 15.7 Å². The lowest BCUT2D eigenvalue weighted by atomic mass is 10.1. The van der Waals surface area contributed by atoms with Crippen LogP contribution in [0.3, 0.4) is 0 Å². The predicted octanol–water partition coefficient (Wildman–Crippen LogP) is 0.406. The molecule has 1 amide bonds. The number of carbonyl (C=O) groups excluding carboxylic acids is 1. The number of carbonyl (C=O) groups is 1. The van der Waals surface area contributed by atoms with Crippen LogP contribution < -0.4 is 10.6 Å². The maximum Gasteiger partial charge on any atom is 0.237 e. The molecule has 0 bridgehead atoms. The number of hydrogen-bond donors (Lipinski definition) is 3. The average molecular weight is 214 g/mol. The van der Waals surface area contributed by atoms with E-state index in [0.717, 1.165) is 25.8 Å². The first-order chi connectivity index (χ1) is 6.99. The Morgan fingerprint density at radius 1 is 1.47 bits per heavy atom. The van der Waals surface area contributed by atoms with Crippen LogP contribution in [0.1, 0.15) is 39.5 Å². The van der Waals surface area contributed by atoms with E-state index in [-0.39, 0.29) is 11.9 Å². The van der Waals surface area contributed by atoms with Crippen molar-refractivity contribution >= 4 is 5.91 Å². The number of rotatable bonds is 3. The Hall–Kier alpha value is -0.610.